The molecular formula is C14H20ClN5O4. The number of nitrogens with two attached hydrogens (primary N) is 2. The number of carbonyl (C=O) groups excluding carboxylic acids is 1. The van der Waals surface area contributed by atoms with Crippen molar-refractivity contribution in [1.29, 1.82) is 0 Å². The first kappa shape index (κ1) is 19.7. The molecule has 0 aromatic heterocycles. The molecule has 1 aromatic carbocycles. The fourth-order valence-electron chi connectivity index (χ4n) is 2.35. The highest BCUT2D eigenvalue weighted by molar-refractivity contribution is 5.85. The van der Waals surface area contributed by atoms with Crippen LogP contribution < -0.4 is 11.5 Å². The Morgan fingerprint density at radius 2 is 1.88 bits per heavy atom. The second kappa shape index (κ2) is 9.04. The topological polar surface area (TPSA) is 137 Å². The number of carbonyl (C=O) groups is 1. The number of likely N-dealkylation sites (tertiary alicyclic amines) is 1. The maximum atomic E-state index is 12.2. The van der Waals surface area contributed by atoms with Gasteiger partial charge in [-0.2, -0.15) is 0 Å². The van der Waals surface area contributed by atoms with Gasteiger partial charge in [0.1, 0.15) is 6.61 Å². The predicted molar refractivity (Wildman–Crippen MR) is 90.5 cm³/mol. The molecule has 0 amide bonds. The van der Waals surface area contributed by atoms with Crippen LogP contribution in [0.25, 0.3) is 0 Å². The molecule has 0 radical (unpaired) electrons. The minimum absolute atomic E-state index is 0. The molecule has 2 rings (SSSR count). The summed E-state index contributed by atoms with van der Waals surface area (Å²) >= 11 is 0. The first-order valence-corrected chi connectivity index (χ1v) is 7.20. The summed E-state index contributed by atoms with van der Waals surface area (Å²) < 4.78 is 5.24. The van der Waals surface area contributed by atoms with Gasteiger partial charge in [-0.15, -0.1) is 12.4 Å². The summed E-state index contributed by atoms with van der Waals surface area (Å²) in [4.78, 5) is 28.1. The average Bonchev–Trinajstić information content (AvgIpc) is 3.04. The third kappa shape index (κ3) is 5.36. The maximum absolute atomic E-state index is 12.2. The average molecular weight is 358 g/mol. The van der Waals surface area contributed by atoms with Crippen LogP contribution in [0, 0.1) is 10.1 Å². The highest BCUT2D eigenvalue weighted by atomic mass is 35.5. The Morgan fingerprint density at radius 1 is 1.29 bits per heavy atom. The van der Waals surface area contributed by atoms with Crippen molar-refractivity contribution in [3.05, 3.63) is 39.9 Å². The number of ether oxygens (including phenoxy) is 1. The lowest BCUT2D eigenvalue weighted by molar-refractivity contribution is -0.384. The molecule has 10 heteroatoms. The minimum atomic E-state index is -0.847. The molecule has 1 heterocycles. The van der Waals surface area contributed by atoms with E-state index >= 15 is 0 Å². The number of halogens is 1. The number of hydrogen-bond acceptors (Lipinski definition) is 6. The summed E-state index contributed by atoms with van der Waals surface area (Å²) in [6.45, 7) is 1.46. The summed E-state index contributed by atoms with van der Waals surface area (Å²) in [6.07, 6.45) is 1.11. The van der Waals surface area contributed by atoms with Gasteiger partial charge >= 0.3 is 5.97 Å². The van der Waals surface area contributed by atoms with Crippen LogP contribution in [0.4, 0.5) is 5.69 Å². The Kier molecular flexibility index (Phi) is 7.40. The molecule has 1 fully saturated rings. The van der Waals surface area contributed by atoms with E-state index in [2.05, 4.69) is 4.99 Å². The lowest BCUT2D eigenvalue weighted by Crippen LogP contribution is -2.41. The number of hydrogen-bond donors (Lipinski definition) is 2. The van der Waals surface area contributed by atoms with Gasteiger partial charge in [0.2, 0.25) is 6.17 Å². The van der Waals surface area contributed by atoms with Crippen LogP contribution in [-0.4, -0.2) is 41.0 Å². The van der Waals surface area contributed by atoms with Crippen LogP contribution in [0.5, 0.6) is 0 Å². The second-order valence-electron chi connectivity index (χ2n) is 5.20. The maximum Gasteiger partial charge on any atom is 0.346 e. The highest BCUT2D eigenvalue weighted by Gasteiger charge is 2.29. The van der Waals surface area contributed by atoms with Crippen molar-refractivity contribution in [3.63, 3.8) is 0 Å². The zero-order chi connectivity index (χ0) is 16.8. The first-order chi connectivity index (χ1) is 11.0. The van der Waals surface area contributed by atoms with Crippen LogP contribution in [0.15, 0.2) is 29.3 Å². The second-order valence-corrected chi connectivity index (χ2v) is 5.20. The standard InChI is InChI=1S/C14H19N5O4.ClH/c15-14(16)17-12(18-7-1-2-8-18)13(20)23-9-10-3-5-11(6-4-10)19(21)22;/h3-6,12H,1-2,7-9H2,(H4,15,16,17);1H. The van der Waals surface area contributed by atoms with Gasteiger partial charge < -0.3 is 16.2 Å². The van der Waals surface area contributed by atoms with Gasteiger partial charge in [0.15, 0.2) is 5.96 Å². The highest BCUT2D eigenvalue weighted by Crippen LogP contribution is 2.16. The fourth-order valence-corrected chi connectivity index (χ4v) is 2.35. The monoisotopic (exact) mass is 357 g/mol. The van der Waals surface area contributed by atoms with Crippen molar-refractivity contribution in [1.82, 2.24) is 4.90 Å². The van der Waals surface area contributed by atoms with Crippen LogP contribution in [0.2, 0.25) is 0 Å². The fraction of sp³-hybridized carbons (Fsp3) is 0.429. The van der Waals surface area contributed by atoms with Gasteiger partial charge in [-0.25, -0.2) is 9.79 Å². The SMILES string of the molecule is Cl.NC(N)=NC(C(=O)OCc1ccc([N+](=O)[O-])cc1)N1CCCC1. The molecule has 0 aliphatic carbocycles. The predicted octanol–water partition coefficient (Wildman–Crippen LogP) is 0.755. The van der Waals surface area contributed by atoms with E-state index in [4.69, 9.17) is 16.2 Å². The van der Waals surface area contributed by atoms with Crippen LogP contribution in [0.1, 0.15) is 18.4 Å². The van der Waals surface area contributed by atoms with Crippen molar-refractivity contribution < 1.29 is 14.5 Å². The number of esters is 1. The van der Waals surface area contributed by atoms with E-state index in [1.54, 1.807) is 0 Å². The zero-order valence-corrected chi connectivity index (χ0v) is 13.8. The van der Waals surface area contributed by atoms with Crippen molar-refractivity contribution >= 4 is 30.0 Å². The summed E-state index contributed by atoms with van der Waals surface area (Å²) in [5.41, 5.74) is 11.4. The lowest BCUT2D eigenvalue weighted by Gasteiger charge is -2.22. The lowest BCUT2D eigenvalue weighted by atomic mass is 10.2. The van der Waals surface area contributed by atoms with E-state index < -0.39 is 17.1 Å². The number of rotatable bonds is 6. The molecule has 1 unspecified atom stereocenters. The van der Waals surface area contributed by atoms with Gasteiger partial charge in [0.25, 0.3) is 5.69 Å². The van der Waals surface area contributed by atoms with Gasteiger partial charge in [-0.3, -0.25) is 15.0 Å². The molecule has 1 saturated heterocycles. The van der Waals surface area contributed by atoms with Gasteiger partial charge in [-0.1, -0.05) is 0 Å². The Labute approximate surface area is 145 Å². The molecule has 1 aliphatic heterocycles. The molecular weight excluding hydrogens is 338 g/mol. The number of aliphatic imine (C=N–C) groups is 1. The van der Waals surface area contributed by atoms with Gasteiger partial charge in [-0.05, 0) is 30.5 Å². The van der Waals surface area contributed by atoms with Crippen molar-refractivity contribution in [2.45, 2.75) is 25.6 Å². The molecule has 0 spiro atoms. The number of nitrogens with zero attached hydrogens (tertiary/aromatic N) is 3. The van der Waals surface area contributed by atoms with E-state index in [0.717, 1.165) is 25.9 Å². The Hall–Kier alpha value is -2.39. The van der Waals surface area contributed by atoms with E-state index in [1.807, 2.05) is 4.90 Å². The van der Waals surface area contributed by atoms with Gasteiger partial charge in [0, 0.05) is 25.2 Å². The van der Waals surface area contributed by atoms with E-state index in [-0.39, 0.29) is 30.7 Å². The quantitative estimate of drug-likeness (QED) is 0.252. The van der Waals surface area contributed by atoms with Crippen molar-refractivity contribution in [2.75, 3.05) is 13.1 Å². The summed E-state index contributed by atoms with van der Waals surface area (Å²) in [7, 11) is 0. The third-order valence-corrected chi connectivity index (χ3v) is 3.50. The largest absolute Gasteiger partial charge is 0.458 e. The van der Waals surface area contributed by atoms with Crippen LogP contribution in [0.3, 0.4) is 0 Å². The smallest absolute Gasteiger partial charge is 0.346 e. The van der Waals surface area contributed by atoms with Crippen LogP contribution in [-0.2, 0) is 16.1 Å². The minimum Gasteiger partial charge on any atom is -0.458 e. The third-order valence-electron chi connectivity index (χ3n) is 3.50. The van der Waals surface area contributed by atoms with E-state index in [9.17, 15) is 14.9 Å². The number of nitro benzene ring substituents is 1. The molecule has 1 aromatic rings. The molecule has 0 saturated carbocycles. The molecule has 4 N–H and O–H groups in total. The van der Waals surface area contributed by atoms with E-state index in [1.165, 1.54) is 24.3 Å². The molecule has 0 bridgehead atoms. The molecule has 1 aliphatic rings. The normalized spacial score (nSPS) is 15.2. The number of non-ortho nitro benzene ring substituents is 1. The molecule has 1 atom stereocenters. The summed E-state index contributed by atoms with van der Waals surface area (Å²) in [6, 6.07) is 5.79. The number of nitro groups is 1. The Balaban J connectivity index is 0.00000288. The number of benzene rings is 1. The summed E-state index contributed by atoms with van der Waals surface area (Å²) in [5, 5.41) is 10.6. The van der Waals surface area contributed by atoms with Gasteiger partial charge in [0.05, 0.1) is 4.92 Å². The molecule has 24 heavy (non-hydrogen) atoms. The summed E-state index contributed by atoms with van der Waals surface area (Å²) in [5.74, 6) is -0.715. The Morgan fingerprint density at radius 3 is 2.38 bits per heavy atom. The van der Waals surface area contributed by atoms with Crippen LogP contribution >= 0.6 is 12.4 Å². The Bertz CT molecular complexity index is 598. The first-order valence-electron chi connectivity index (χ1n) is 7.20. The van der Waals surface area contributed by atoms with Crippen molar-refractivity contribution in [3.8, 4) is 0 Å². The van der Waals surface area contributed by atoms with E-state index in [0.29, 0.717) is 5.56 Å². The van der Waals surface area contributed by atoms with Crippen molar-refractivity contribution in [2.24, 2.45) is 16.5 Å². The number of guanidine groups is 1. The molecule has 9 nitrogen and oxygen atoms in total. The molecule has 132 valence electrons. The zero-order valence-electron chi connectivity index (χ0n) is 13.0.